The van der Waals surface area contributed by atoms with Gasteiger partial charge in [-0.3, -0.25) is 4.90 Å². The van der Waals surface area contributed by atoms with E-state index in [-0.39, 0.29) is 12.1 Å². The van der Waals surface area contributed by atoms with Gasteiger partial charge in [-0.05, 0) is 30.5 Å². The first-order chi connectivity index (χ1) is 9.67. The van der Waals surface area contributed by atoms with Crippen LogP contribution in [0.15, 0.2) is 24.3 Å². The Morgan fingerprint density at radius 2 is 1.85 bits per heavy atom. The van der Waals surface area contributed by atoms with E-state index in [4.69, 9.17) is 16.2 Å². The second-order valence-corrected chi connectivity index (χ2v) is 5.12. The molecule has 4 nitrogen and oxygen atoms in total. The van der Waals surface area contributed by atoms with E-state index >= 15 is 0 Å². The van der Waals surface area contributed by atoms with E-state index in [0.717, 1.165) is 38.2 Å². The molecule has 0 spiro atoms. The second kappa shape index (κ2) is 8.95. The van der Waals surface area contributed by atoms with E-state index in [2.05, 4.69) is 17.0 Å². The first-order valence-corrected chi connectivity index (χ1v) is 7.54. The smallest absolute Gasteiger partial charge is 0.119 e. The standard InChI is InChI=1S/C14H23N3O.C2H6/c1-18-14-4-2-3-11(7-14)5-6-17-9-12(15)8-13(16)10-17;1-2/h2-4,7,12-13H,5-6,8-10,15-16H2,1H3;1-2H3. The third-order valence-corrected chi connectivity index (χ3v) is 3.44. The van der Waals surface area contributed by atoms with Crippen molar-refractivity contribution in [1.82, 2.24) is 4.90 Å². The van der Waals surface area contributed by atoms with Crippen LogP contribution >= 0.6 is 0 Å². The molecule has 1 aromatic rings. The Morgan fingerprint density at radius 3 is 2.45 bits per heavy atom. The minimum Gasteiger partial charge on any atom is -0.497 e. The van der Waals surface area contributed by atoms with Crippen molar-refractivity contribution < 1.29 is 4.74 Å². The van der Waals surface area contributed by atoms with Crippen molar-refractivity contribution in [3.8, 4) is 5.75 Å². The molecule has 1 aliphatic heterocycles. The van der Waals surface area contributed by atoms with Gasteiger partial charge in [0, 0.05) is 31.7 Å². The molecule has 0 radical (unpaired) electrons. The number of hydrogen-bond acceptors (Lipinski definition) is 4. The highest BCUT2D eigenvalue weighted by Crippen LogP contribution is 2.14. The molecule has 0 aliphatic carbocycles. The van der Waals surface area contributed by atoms with Crippen molar-refractivity contribution in [3.63, 3.8) is 0 Å². The zero-order valence-corrected chi connectivity index (χ0v) is 13.0. The van der Waals surface area contributed by atoms with Crippen LogP contribution in [0.1, 0.15) is 25.8 Å². The van der Waals surface area contributed by atoms with Crippen LogP contribution in [0.4, 0.5) is 0 Å². The molecule has 0 amide bonds. The normalized spacial score (nSPS) is 22.9. The third-order valence-electron chi connectivity index (χ3n) is 3.44. The van der Waals surface area contributed by atoms with Gasteiger partial charge in [0.25, 0.3) is 0 Å². The lowest BCUT2D eigenvalue weighted by Crippen LogP contribution is -2.52. The summed E-state index contributed by atoms with van der Waals surface area (Å²) in [4.78, 5) is 2.36. The Bertz CT molecular complexity index is 374. The molecule has 1 aliphatic rings. The molecule has 1 heterocycles. The molecule has 4 N–H and O–H groups in total. The van der Waals surface area contributed by atoms with E-state index in [9.17, 15) is 0 Å². The number of hydrogen-bond donors (Lipinski definition) is 2. The second-order valence-electron chi connectivity index (χ2n) is 5.12. The molecular weight excluding hydrogens is 250 g/mol. The summed E-state index contributed by atoms with van der Waals surface area (Å²) < 4.78 is 5.23. The first kappa shape index (κ1) is 17.0. The molecule has 1 aromatic carbocycles. The molecule has 0 aromatic heterocycles. The van der Waals surface area contributed by atoms with Gasteiger partial charge in [-0.1, -0.05) is 26.0 Å². The number of ether oxygens (including phenoxy) is 1. The Hall–Kier alpha value is -1.10. The number of methoxy groups -OCH3 is 1. The molecule has 2 unspecified atom stereocenters. The van der Waals surface area contributed by atoms with Crippen molar-refractivity contribution in [2.24, 2.45) is 11.5 Å². The number of benzene rings is 1. The zero-order chi connectivity index (χ0) is 15.0. The van der Waals surface area contributed by atoms with Gasteiger partial charge in [0.15, 0.2) is 0 Å². The van der Waals surface area contributed by atoms with Crippen molar-refractivity contribution in [2.75, 3.05) is 26.7 Å². The predicted molar refractivity (Wildman–Crippen MR) is 85.1 cm³/mol. The average molecular weight is 279 g/mol. The van der Waals surface area contributed by atoms with E-state index in [1.165, 1.54) is 5.56 Å². The van der Waals surface area contributed by atoms with Gasteiger partial charge in [-0.15, -0.1) is 0 Å². The Balaban J connectivity index is 0.000000956. The largest absolute Gasteiger partial charge is 0.497 e. The van der Waals surface area contributed by atoms with Crippen LogP contribution in [-0.4, -0.2) is 43.7 Å². The summed E-state index contributed by atoms with van der Waals surface area (Å²) in [6, 6.07) is 8.66. The topological polar surface area (TPSA) is 64.5 Å². The molecular formula is C16H29N3O. The van der Waals surface area contributed by atoms with Crippen molar-refractivity contribution in [3.05, 3.63) is 29.8 Å². The summed E-state index contributed by atoms with van der Waals surface area (Å²) in [5, 5.41) is 0. The lowest BCUT2D eigenvalue weighted by atomic mass is 10.0. The fraction of sp³-hybridized carbons (Fsp3) is 0.625. The SMILES string of the molecule is CC.COc1cccc(CCN2CC(N)CC(N)C2)c1. The van der Waals surface area contributed by atoms with Gasteiger partial charge in [-0.2, -0.15) is 0 Å². The zero-order valence-electron chi connectivity index (χ0n) is 13.0. The fourth-order valence-electron chi connectivity index (χ4n) is 2.57. The van der Waals surface area contributed by atoms with Gasteiger partial charge < -0.3 is 16.2 Å². The molecule has 1 saturated heterocycles. The van der Waals surface area contributed by atoms with Crippen LogP contribution in [0.2, 0.25) is 0 Å². The summed E-state index contributed by atoms with van der Waals surface area (Å²) in [5.74, 6) is 0.916. The van der Waals surface area contributed by atoms with Crippen molar-refractivity contribution in [1.29, 1.82) is 0 Å². The van der Waals surface area contributed by atoms with Gasteiger partial charge in [0.05, 0.1) is 7.11 Å². The van der Waals surface area contributed by atoms with E-state index in [0.29, 0.717) is 0 Å². The minimum atomic E-state index is 0.221. The highest BCUT2D eigenvalue weighted by Gasteiger charge is 2.21. The maximum Gasteiger partial charge on any atom is 0.119 e. The van der Waals surface area contributed by atoms with Crippen LogP contribution in [0.25, 0.3) is 0 Å². The van der Waals surface area contributed by atoms with E-state index < -0.39 is 0 Å². The monoisotopic (exact) mass is 279 g/mol. The van der Waals surface area contributed by atoms with Gasteiger partial charge in [-0.25, -0.2) is 0 Å². The lowest BCUT2D eigenvalue weighted by Gasteiger charge is -2.34. The summed E-state index contributed by atoms with van der Waals surface area (Å²) >= 11 is 0. The Morgan fingerprint density at radius 1 is 1.20 bits per heavy atom. The van der Waals surface area contributed by atoms with Crippen LogP contribution in [0.5, 0.6) is 5.75 Å². The molecule has 0 bridgehead atoms. The Kier molecular flexibility index (Phi) is 7.59. The first-order valence-electron chi connectivity index (χ1n) is 7.54. The highest BCUT2D eigenvalue weighted by molar-refractivity contribution is 5.28. The Labute approximate surface area is 123 Å². The highest BCUT2D eigenvalue weighted by atomic mass is 16.5. The molecule has 4 heteroatoms. The fourth-order valence-corrected chi connectivity index (χ4v) is 2.57. The number of rotatable bonds is 4. The van der Waals surface area contributed by atoms with Crippen molar-refractivity contribution in [2.45, 2.75) is 38.8 Å². The van der Waals surface area contributed by atoms with Gasteiger partial charge in [0.1, 0.15) is 5.75 Å². The van der Waals surface area contributed by atoms with Crippen LogP contribution in [0.3, 0.4) is 0 Å². The average Bonchev–Trinajstić information content (AvgIpc) is 2.46. The van der Waals surface area contributed by atoms with Crippen molar-refractivity contribution >= 4 is 0 Å². The molecule has 2 atom stereocenters. The minimum absolute atomic E-state index is 0.221. The quantitative estimate of drug-likeness (QED) is 0.879. The molecule has 0 saturated carbocycles. The maximum atomic E-state index is 5.99. The van der Waals surface area contributed by atoms with E-state index in [1.54, 1.807) is 7.11 Å². The molecule has 1 fully saturated rings. The summed E-state index contributed by atoms with van der Waals surface area (Å²) in [6.07, 6.45) is 1.95. The van der Waals surface area contributed by atoms with Crippen LogP contribution in [-0.2, 0) is 6.42 Å². The third kappa shape index (κ3) is 5.49. The number of likely N-dealkylation sites (tertiary alicyclic amines) is 1. The summed E-state index contributed by atoms with van der Waals surface area (Å²) in [5.41, 5.74) is 13.3. The summed E-state index contributed by atoms with van der Waals surface area (Å²) in [6.45, 7) is 6.92. The molecule has 20 heavy (non-hydrogen) atoms. The van der Waals surface area contributed by atoms with E-state index in [1.807, 2.05) is 26.0 Å². The molecule has 114 valence electrons. The maximum absolute atomic E-state index is 5.99. The summed E-state index contributed by atoms with van der Waals surface area (Å²) in [7, 11) is 1.70. The van der Waals surface area contributed by atoms with Crippen LogP contribution < -0.4 is 16.2 Å². The van der Waals surface area contributed by atoms with Gasteiger partial charge in [0.2, 0.25) is 0 Å². The molecule has 2 rings (SSSR count). The van der Waals surface area contributed by atoms with Gasteiger partial charge >= 0.3 is 0 Å². The number of piperidine rings is 1. The number of nitrogens with two attached hydrogens (primary N) is 2. The lowest BCUT2D eigenvalue weighted by molar-refractivity contribution is 0.192. The number of nitrogens with zero attached hydrogens (tertiary/aromatic N) is 1. The predicted octanol–water partition coefficient (Wildman–Crippen LogP) is 1.62. The van der Waals surface area contributed by atoms with Crippen LogP contribution in [0, 0.1) is 0 Å².